The average molecular weight is 274 g/mol. The van der Waals surface area contributed by atoms with E-state index in [4.69, 9.17) is 26.3 Å². The van der Waals surface area contributed by atoms with Crippen molar-refractivity contribution < 1.29 is 9.47 Å². The van der Waals surface area contributed by atoms with Gasteiger partial charge >= 0.3 is 0 Å². The van der Waals surface area contributed by atoms with E-state index in [0.29, 0.717) is 28.7 Å². The van der Waals surface area contributed by atoms with E-state index in [0.717, 1.165) is 5.56 Å². The van der Waals surface area contributed by atoms with Gasteiger partial charge in [0.15, 0.2) is 11.5 Å². The monoisotopic (exact) mass is 273 g/mol. The molecule has 2 rings (SSSR count). The van der Waals surface area contributed by atoms with Crippen molar-refractivity contribution in [2.75, 3.05) is 7.11 Å². The van der Waals surface area contributed by atoms with Gasteiger partial charge in [0.1, 0.15) is 6.61 Å². The van der Waals surface area contributed by atoms with Crippen molar-refractivity contribution >= 4 is 11.6 Å². The summed E-state index contributed by atoms with van der Waals surface area (Å²) in [7, 11) is 1.55. The van der Waals surface area contributed by atoms with Gasteiger partial charge in [0, 0.05) is 11.1 Å². The number of rotatable bonds is 4. The van der Waals surface area contributed by atoms with Gasteiger partial charge < -0.3 is 9.47 Å². The molecule has 0 heterocycles. The van der Waals surface area contributed by atoms with Gasteiger partial charge in [0.25, 0.3) is 0 Å². The van der Waals surface area contributed by atoms with Crippen LogP contribution in [-0.4, -0.2) is 7.11 Å². The first-order valence-corrected chi connectivity index (χ1v) is 6.06. The summed E-state index contributed by atoms with van der Waals surface area (Å²) in [6, 6.07) is 14.6. The van der Waals surface area contributed by atoms with E-state index in [1.54, 1.807) is 25.3 Å². The lowest BCUT2D eigenvalue weighted by molar-refractivity contribution is 0.284. The largest absolute Gasteiger partial charge is 0.493 e. The quantitative estimate of drug-likeness (QED) is 0.851. The molecule has 0 aliphatic carbocycles. The molecular formula is C15H12ClNO2. The molecule has 2 aromatic rings. The van der Waals surface area contributed by atoms with E-state index in [-0.39, 0.29) is 0 Å². The zero-order valence-corrected chi connectivity index (χ0v) is 11.1. The summed E-state index contributed by atoms with van der Waals surface area (Å²) in [5, 5.41) is 9.52. The van der Waals surface area contributed by atoms with E-state index in [1.165, 1.54) is 0 Å². The Labute approximate surface area is 117 Å². The molecule has 0 N–H and O–H groups in total. The molecule has 3 nitrogen and oxygen atoms in total. The van der Waals surface area contributed by atoms with E-state index in [9.17, 15) is 0 Å². The van der Waals surface area contributed by atoms with Gasteiger partial charge in [-0.15, -0.1) is 0 Å². The molecule has 0 amide bonds. The molecule has 0 atom stereocenters. The first-order chi connectivity index (χ1) is 9.22. The molecule has 0 saturated heterocycles. The highest BCUT2D eigenvalue weighted by molar-refractivity contribution is 6.30. The summed E-state index contributed by atoms with van der Waals surface area (Å²) in [4.78, 5) is 0. The van der Waals surface area contributed by atoms with Crippen LogP contribution in [0.5, 0.6) is 11.5 Å². The molecule has 4 heteroatoms. The van der Waals surface area contributed by atoms with Crippen molar-refractivity contribution in [1.82, 2.24) is 0 Å². The van der Waals surface area contributed by atoms with Gasteiger partial charge in [-0.25, -0.2) is 0 Å². The van der Waals surface area contributed by atoms with Crippen molar-refractivity contribution in [3.05, 3.63) is 58.6 Å². The smallest absolute Gasteiger partial charge is 0.162 e. The van der Waals surface area contributed by atoms with Crippen molar-refractivity contribution in [2.24, 2.45) is 0 Å². The van der Waals surface area contributed by atoms with Crippen molar-refractivity contribution in [3.8, 4) is 17.6 Å². The lowest BCUT2D eigenvalue weighted by Crippen LogP contribution is -1.97. The van der Waals surface area contributed by atoms with Crippen LogP contribution in [0.1, 0.15) is 11.1 Å². The normalized spacial score (nSPS) is 9.74. The number of hydrogen-bond acceptors (Lipinski definition) is 3. The third kappa shape index (κ3) is 3.40. The van der Waals surface area contributed by atoms with Crippen molar-refractivity contribution in [2.45, 2.75) is 6.61 Å². The van der Waals surface area contributed by atoms with Crippen LogP contribution in [0.25, 0.3) is 0 Å². The third-order valence-electron chi connectivity index (χ3n) is 2.60. The van der Waals surface area contributed by atoms with Gasteiger partial charge in [-0.3, -0.25) is 0 Å². The molecule has 19 heavy (non-hydrogen) atoms. The Kier molecular flexibility index (Phi) is 4.27. The van der Waals surface area contributed by atoms with Crippen LogP contribution in [0.2, 0.25) is 5.02 Å². The SMILES string of the molecule is COc1cc(C#N)ccc1OCc1ccc(Cl)cc1. The van der Waals surface area contributed by atoms with E-state index in [2.05, 4.69) is 6.07 Å². The highest BCUT2D eigenvalue weighted by atomic mass is 35.5. The van der Waals surface area contributed by atoms with Crippen LogP contribution in [-0.2, 0) is 6.61 Å². The second-order valence-corrected chi connectivity index (χ2v) is 4.33. The zero-order valence-electron chi connectivity index (χ0n) is 10.4. The maximum Gasteiger partial charge on any atom is 0.162 e. The minimum Gasteiger partial charge on any atom is -0.493 e. The Bertz CT molecular complexity index is 603. The van der Waals surface area contributed by atoms with E-state index >= 15 is 0 Å². The third-order valence-corrected chi connectivity index (χ3v) is 2.85. The number of halogens is 1. The van der Waals surface area contributed by atoms with Crippen LogP contribution in [0.4, 0.5) is 0 Å². The maximum atomic E-state index is 8.82. The summed E-state index contributed by atoms with van der Waals surface area (Å²) < 4.78 is 10.9. The molecule has 0 saturated carbocycles. The maximum absolute atomic E-state index is 8.82. The molecule has 96 valence electrons. The first kappa shape index (κ1) is 13.3. The number of ether oxygens (including phenoxy) is 2. The van der Waals surface area contributed by atoms with Gasteiger partial charge in [-0.05, 0) is 29.8 Å². The number of methoxy groups -OCH3 is 1. The van der Waals surface area contributed by atoms with E-state index in [1.807, 2.05) is 24.3 Å². The highest BCUT2D eigenvalue weighted by Gasteiger charge is 2.06. The predicted molar refractivity (Wildman–Crippen MR) is 73.5 cm³/mol. The second kappa shape index (κ2) is 6.12. The Morgan fingerprint density at radius 2 is 1.84 bits per heavy atom. The van der Waals surface area contributed by atoms with E-state index < -0.39 is 0 Å². The molecule has 0 spiro atoms. The number of hydrogen-bond donors (Lipinski definition) is 0. The average Bonchev–Trinajstić information content (AvgIpc) is 2.46. The van der Waals surface area contributed by atoms with Gasteiger partial charge in [-0.1, -0.05) is 23.7 Å². The fourth-order valence-electron chi connectivity index (χ4n) is 1.60. The molecule has 0 radical (unpaired) electrons. The van der Waals surface area contributed by atoms with Gasteiger partial charge in [-0.2, -0.15) is 5.26 Å². The van der Waals surface area contributed by atoms with Crippen LogP contribution in [0.15, 0.2) is 42.5 Å². The van der Waals surface area contributed by atoms with Crippen LogP contribution < -0.4 is 9.47 Å². The van der Waals surface area contributed by atoms with Crippen LogP contribution in [0, 0.1) is 11.3 Å². The fraction of sp³-hybridized carbons (Fsp3) is 0.133. The lowest BCUT2D eigenvalue weighted by Gasteiger charge is -2.10. The molecule has 2 aromatic carbocycles. The standard InChI is InChI=1S/C15H12ClNO2/c1-18-15-8-12(9-17)4-7-14(15)19-10-11-2-5-13(16)6-3-11/h2-8H,10H2,1H3. The Hall–Kier alpha value is -2.18. The lowest BCUT2D eigenvalue weighted by atomic mass is 10.2. The number of benzene rings is 2. The van der Waals surface area contributed by atoms with Crippen molar-refractivity contribution in [1.29, 1.82) is 5.26 Å². The molecular weight excluding hydrogens is 262 g/mol. The van der Waals surface area contributed by atoms with Crippen LogP contribution >= 0.6 is 11.6 Å². The highest BCUT2D eigenvalue weighted by Crippen LogP contribution is 2.28. The minimum absolute atomic E-state index is 0.416. The summed E-state index contributed by atoms with van der Waals surface area (Å²) in [5.41, 5.74) is 1.55. The van der Waals surface area contributed by atoms with Crippen LogP contribution in [0.3, 0.4) is 0 Å². The van der Waals surface area contributed by atoms with Gasteiger partial charge in [0.05, 0.1) is 18.7 Å². The first-order valence-electron chi connectivity index (χ1n) is 5.68. The second-order valence-electron chi connectivity index (χ2n) is 3.89. The molecule has 0 aliphatic heterocycles. The Morgan fingerprint density at radius 3 is 2.47 bits per heavy atom. The summed E-state index contributed by atoms with van der Waals surface area (Å²) in [5.74, 6) is 1.16. The van der Waals surface area contributed by atoms with Gasteiger partial charge in [0.2, 0.25) is 0 Å². The molecule has 0 bridgehead atoms. The zero-order chi connectivity index (χ0) is 13.7. The topological polar surface area (TPSA) is 42.2 Å². The summed E-state index contributed by atoms with van der Waals surface area (Å²) in [6.07, 6.45) is 0. The Morgan fingerprint density at radius 1 is 1.11 bits per heavy atom. The minimum atomic E-state index is 0.416. The Balaban J connectivity index is 2.11. The summed E-state index contributed by atoms with van der Waals surface area (Å²) in [6.45, 7) is 0.416. The molecule has 0 fully saturated rings. The van der Waals surface area contributed by atoms with Crippen molar-refractivity contribution in [3.63, 3.8) is 0 Å². The molecule has 0 aromatic heterocycles. The number of nitrogens with zero attached hydrogens (tertiary/aromatic N) is 1. The fourth-order valence-corrected chi connectivity index (χ4v) is 1.72. The molecule has 0 aliphatic rings. The molecule has 0 unspecified atom stereocenters. The number of nitriles is 1. The predicted octanol–water partition coefficient (Wildman–Crippen LogP) is 3.80. The summed E-state index contributed by atoms with van der Waals surface area (Å²) >= 11 is 5.82.